The molecule has 2 rings (SSSR count). The van der Waals surface area contributed by atoms with Crippen LogP contribution in [0.5, 0.6) is 5.75 Å². The van der Waals surface area contributed by atoms with E-state index in [2.05, 4.69) is 41.9 Å². The maximum Gasteiger partial charge on any atom is 0.216 e. The van der Waals surface area contributed by atoms with Crippen LogP contribution in [0.2, 0.25) is 5.02 Å². The topological polar surface area (TPSA) is 111 Å². The normalized spacial score (nSPS) is 11.1. The van der Waals surface area contributed by atoms with Gasteiger partial charge in [-0.05, 0) is 33.3 Å². The van der Waals surface area contributed by atoms with E-state index in [0.29, 0.717) is 10.2 Å². The molecule has 1 heterocycles. The Balaban J connectivity index is 2.25. The number of halogens is 2. The number of anilines is 1. The summed E-state index contributed by atoms with van der Waals surface area (Å²) in [5.74, 6) is 0.133. The summed E-state index contributed by atoms with van der Waals surface area (Å²) in [5, 5.41) is 34.5. The average Bonchev–Trinajstić information content (AvgIpc) is 2.90. The summed E-state index contributed by atoms with van der Waals surface area (Å²) < 4.78 is 0.439. The molecule has 19 heavy (non-hydrogen) atoms. The molecule has 3 N–H and O–H groups in total. The molecule has 7 nitrogen and oxygen atoms in total. The summed E-state index contributed by atoms with van der Waals surface area (Å²) in [4.78, 5) is 0. The molecule has 0 aliphatic heterocycles. The van der Waals surface area contributed by atoms with Crippen molar-refractivity contribution in [3.05, 3.63) is 33.7 Å². The quantitative estimate of drug-likeness (QED) is 0.583. The van der Waals surface area contributed by atoms with E-state index < -0.39 is 0 Å². The largest absolute Gasteiger partial charge is 0.505 e. The van der Waals surface area contributed by atoms with Crippen LogP contribution in [0.1, 0.15) is 5.82 Å². The van der Waals surface area contributed by atoms with Gasteiger partial charge >= 0.3 is 0 Å². The first-order valence-electron chi connectivity index (χ1n) is 4.90. The van der Waals surface area contributed by atoms with Crippen LogP contribution in [0, 0.1) is 11.3 Å². The number of phenols is 1. The SMILES string of the molecule is N#CC(=CNc1cc(Cl)c(O)c(Br)c1)c1nn[nH]n1. The van der Waals surface area contributed by atoms with Crippen molar-refractivity contribution in [2.75, 3.05) is 5.32 Å². The van der Waals surface area contributed by atoms with Gasteiger partial charge in [-0.15, -0.1) is 10.2 Å². The zero-order chi connectivity index (χ0) is 13.8. The number of phenolic OH excluding ortho intramolecular Hbond substituents is 1. The van der Waals surface area contributed by atoms with E-state index in [4.69, 9.17) is 16.9 Å². The van der Waals surface area contributed by atoms with Gasteiger partial charge in [0, 0.05) is 11.9 Å². The Morgan fingerprint density at radius 2 is 2.37 bits per heavy atom. The van der Waals surface area contributed by atoms with Crippen LogP contribution in [0.25, 0.3) is 5.57 Å². The number of benzene rings is 1. The smallest absolute Gasteiger partial charge is 0.216 e. The predicted octanol–water partition coefficient (Wildman–Crippen LogP) is 2.30. The minimum absolute atomic E-state index is 0.0464. The Morgan fingerprint density at radius 1 is 1.58 bits per heavy atom. The Labute approximate surface area is 121 Å². The van der Waals surface area contributed by atoms with Crippen molar-refractivity contribution in [2.24, 2.45) is 0 Å². The fourth-order valence-corrected chi connectivity index (χ4v) is 2.02. The van der Waals surface area contributed by atoms with Crippen LogP contribution >= 0.6 is 27.5 Å². The van der Waals surface area contributed by atoms with Gasteiger partial charge in [0.15, 0.2) is 0 Å². The number of hydrogen-bond donors (Lipinski definition) is 3. The van der Waals surface area contributed by atoms with Crippen LogP contribution in [0.15, 0.2) is 22.8 Å². The summed E-state index contributed by atoms with van der Waals surface area (Å²) in [6, 6.07) is 5.07. The molecular weight excluding hydrogens is 336 g/mol. The Bertz CT molecular complexity index is 640. The van der Waals surface area contributed by atoms with Crippen LogP contribution in [0.3, 0.4) is 0 Å². The predicted molar refractivity (Wildman–Crippen MR) is 72.2 cm³/mol. The molecular formula is C10H6BrClN6O. The standard InChI is InChI=1S/C10H6BrClN6O/c11-7-1-6(2-8(12)9(7)19)14-4-5(3-13)10-15-17-18-16-10/h1-2,4,14,19H,(H,15,16,17,18). The first kappa shape index (κ1) is 13.3. The minimum atomic E-state index is -0.0464. The van der Waals surface area contributed by atoms with Crippen molar-refractivity contribution in [1.29, 1.82) is 5.26 Å². The van der Waals surface area contributed by atoms with Gasteiger partial charge in [0.25, 0.3) is 0 Å². The van der Waals surface area contributed by atoms with Crippen LogP contribution in [0.4, 0.5) is 5.69 Å². The molecule has 0 fully saturated rings. The van der Waals surface area contributed by atoms with E-state index in [1.165, 1.54) is 12.3 Å². The molecule has 0 saturated carbocycles. The van der Waals surface area contributed by atoms with E-state index in [1.54, 1.807) is 6.07 Å². The third-order valence-electron chi connectivity index (χ3n) is 2.11. The number of nitrogens with zero attached hydrogens (tertiary/aromatic N) is 4. The van der Waals surface area contributed by atoms with Gasteiger partial charge in [0.05, 0.1) is 9.50 Å². The number of nitrogens with one attached hydrogen (secondary N) is 2. The highest BCUT2D eigenvalue weighted by atomic mass is 79.9. The lowest BCUT2D eigenvalue weighted by atomic mass is 10.2. The van der Waals surface area contributed by atoms with E-state index in [-0.39, 0.29) is 22.2 Å². The highest BCUT2D eigenvalue weighted by molar-refractivity contribution is 9.10. The summed E-state index contributed by atoms with van der Waals surface area (Å²) in [5.41, 5.74) is 0.792. The molecule has 1 aromatic heterocycles. The fourth-order valence-electron chi connectivity index (χ4n) is 1.23. The highest BCUT2D eigenvalue weighted by Crippen LogP contribution is 2.34. The summed E-state index contributed by atoms with van der Waals surface area (Å²) >= 11 is 8.98. The Kier molecular flexibility index (Phi) is 3.99. The van der Waals surface area contributed by atoms with E-state index in [0.717, 1.165) is 0 Å². The Morgan fingerprint density at radius 3 is 2.95 bits per heavy atom. The molecule has 0 saturated heterocycles. The van der Waals surface area contributed by atoms with Gasteiger partial charge in [0.2, 0.25) is 5.82 Å². The first-order chi connectivity index (χ1) is 9.11. The monoisotopic (exact) mass is 340 g/mol. The molecule has 0 aliphatic rings. The third-order valence-corrected chi connectivity index (χ3v) is 3.00. The minimum Gasteiger partial charge on any atom is -0.505 e. The lowest BCUT2D eigenvalue weighted by Crippen LogP contribution is -1.93. The number of H-pyrrole nitrogens is 1. The molecule has 0 amide bonds. The summed E-state index contributed by atoms with van der Waals surface area (Å²) in [6.07, 6.45) is 1.42. The van der Waals surface area contributed by atoms with Crippen molar-refractivity contribution in [3.8, 4) is 11.8 Å². The van der Waals surface area contributed by atoms with Gasteiger partial charge in [-0.1, -0.05) is 11.6 Å². The van der Waals surface area contributed by atoms with Crippen LogP contribution in [-0.2, 0) is 0 Å². The lowest BCUT2D eigenvalue weighted by molar-refractivity contribution is 0.472. The second kappa shape index (κ2) is 5.69. The molecule has 0 bridgehead atoms. The van der Waals surface area contributed by atoms with Gasteiger partial charge in [-0.2, -0.15) is 10.5 Å². The number of tetrazole rings is 1. The zero-order valence-electron chi connectivity index (χ0n) is 9.22. The number of aromatic hydroxyl groups is 1. The van der Waals surface area contributed by atoms with Gasteiger partial charge in [-0.25, -0.2) is 0 Å². The third kappa shape index (κ3) is 3.01. The molecule has 0 atom stereocenters. The highest BCUT2D eigenvalue weighted by Gasteiger charge is 2.08. The number of aromatic amines is 1. The van der Waals surface area contributed by atoms with Crippen molar-refractivity contribution >= 4 is 38.8 Å². The van der Waals surface area contributed by atoms with E-state index in [9.17, 15) is 5.11 Å². The number of hydrogen-bond acceptors (Lipinski definition) is 6. The van der Waals surface area contributed by atoms with Crippen molar-refractivity contribution in [3.63, 3.8) is 0 Å². The van der Waals surface area contributed by atoms with Crippen LogP contribution < -0.4 is 5.32 Å². The van der Waals surface area contributed by atoms with Crippen molar-refractivity contribution < 1.29 is 5.11 Å². The number of rotatable bonds is 3. The molecule has 0 aliphatic carbocycles. The maximum atomic E-state index is 9.50. The molecule has 96 valence electrons. The molecule has 0 radical (unpaired) electrons. The lowest BCUT2D eigenvalue weighted by Gasteiger charge is -2.05. The number of aromatic nitrogens is 4. The zero-order valence-corrected chi connectivity index (χ0v) is 11.6. The summed E-state index contributed by atoms with van der Waals surface area (Å²) in [6.45, 7) is 0. The number of nitriles is 1. The molecule has 9 heteroatoms. The number of allylic oxidation sites excluding steroid dienone is 1. The van der Waals surface area contributed by atoms with Crippen molar-refractivity contribution in [1.82, 2.24) is 20.6 Å². The van der Waals surface area contributed by atoms with Crippen LogP contribution in [-0.4, -0.2) is 25.7 Å². The molecule has 0 unspecified atom stereocenters. The van der Waals surface area contributed by atoms with Gasteiger partial charge < -0.3 is 10.4 Å². The summed E-state index contributed by atoms with van der Waals surface area (Å²) in [7, 11) is 0. The first-order valence-corrected chi connectivity index (χ1v) is 6.07. The maximum absolute atomic E-state index is 9.50. The Hall–Kier alpha value is -2.11. The molecule has 1 aromatic carbocycles. The second-order valence-corrected chi connectivity index (χ2v) is 4.60. The van der Waals surface area contributed by atoms with E-state index >= 15 is 0 Å². The van der Waals surface area contributed by atoms with E-state index in [1.807, 2.05) is 6.07 Å². The molecule has 0 spiro atoms. The molecule has 2 aromatic rings. The second-order valence-electron chi connectivity index (χ2n) is 3.34. The van der Waals surface area contributed by atoms with Gasteiger partial charge in [0.1, 0.15) is 17.4 Å². The average molecular weight is 342 g/mol. The van der Waals surface area contributed by atoms with Crippen molar-refractivity contribution in [2.45, 2.75) is 0 Å². The fraction of sp³-hybridized carbons (Fsp3) is 0. The van der Waals surface area contributed by atoms with Gasteiger partial charge in [-0.3, -0.25) is 0 Å².